The SMILES string of the molecule is Cc1cccc(/C(=C/c2ccc([N+](=O)[O-])cc2)C(=O)Nc2ccc(S(=O)(=O)F)cc2)c1. The van der Waals surface area contributed by atoms with Crippen molar-refractivity contribution in [3.8, 4) is 0 Å². The highest BCUT2D eigenvalue weighted by molar-refractivity contribution is 7.86. The Bertz CT molecular complexity index is 1270. The molecule has 0 saturated carbocycles. The first-order valence-corrected chi connectivity index (χ1v) is 10.4. The third-order valence-electron chi connectivity index (χ3n) is 4.38. The maximum Gasteiger partial charge on any atom is 0.332 e. The quantitative estimate of drug-likeness (QED) is 0.196. The van der Waals surface area contributed by atoms with Crippen LogP contribution in [0.15, 0.2) is 77.7 Å². The second-order valence-corrected chi connectivity index (χ2v) is 8.04. The molecule has 0 atom stereocenters. The average Bonchev–Trinajstić information content (AvgIpc) is 2.72. The zero-order valence-electron chi connectivity index (χ0n) is 16.3. The molecule has 0 aliphatic heterocycles. The fourth-order valence-electron chi connectivity index (χ4n) is 2.85. The number of hydrogen-bond donors (Lipinski definition) is 1. The lowest BCUT2D eigenvalue weighted by Gasteiger charge is -2.11. The standard InChI is InChI=1S/C22H17FN2O5S/c1-15-3-2-4-17(13-15)21(14-16-5-9-19(10-6-16)25(27)28)22(26)24-18-7-11-20(12-8-18)31(23,29)30/h2-14H,1H3,(H,24,26)/b21-14-. The Morgan fingerprint density at radius 1 is 1.03 bits per heavy atom. The molecule has 31 heavy (non-hydrogen) atoms. The van der Waals surface area contributed by atoms with Crippen LogP contribution in [-0.4, -0.2) is 19.2 Å². The van der Waals surface area contributed by atoms with E-state index in [1.54, 1.807) is 18.2 Å². The van der Waals surface area contributed by atoms with Crippen LogP contribution in [0.25, 0.3) is 11.6 Å². The number of nitrogens with zero attached hydrogens (tertiary/aromatic N) is 1. The Morgan fingerprint density at radius 3 is 2.23 bits per heavy atom. The number of nitrogens with one attached hydrogen (secondary N) is 1. The maximum absolute atomic E-state index is 13.1. The van der Waals surface area contributed by atoms with E-state index in [0.717, 1.165) is 17.7 Å². The summed E-state index contributed by atoms with van der Waals surface area (Å²) in [5, 5.41) is 13.5. The van der Waals surface area contributed by atoms with Crippen LogP contribution in [0.4, 0.5) is 15.3 Å². The van der Waals surface area contributed by atoms with Gasteiger partial charge in [0.15, 0.2) is 0 Å². The molecule has 7 nitrogen and oxygen atoms in total. The van der Waals surface area contributed by atoms with Gasteiger partial charge in [0, 0.05) is 23.4 Å². The lowest BCUT2D eigenvalue weighted by molar-refractivity contribution is -0.384. The van der Waals surface area contributed by atoms with Gasteiger partial charge in [0.05, 0.1) is 9.82 Å². The van der Waals surface area contributed by atoms with Crippen LogP contribution in [0, 0.1) is 17.0 Å². The summed E-state index contributed by atoms with van der Waals surface area (Å²) >= 11 is 0. The van der Waals surface area contributed by atoms with Crippen molar-refractivity contribution in [2.75, 3.05) is 5.32 Å². The van der Waals surface area contributed by atoms with Gasteiger partial charge in [-0.25, -0.2) is 0 Å². The van der Waals surface area contributed by atoms with E-state index < -0.39 is 25.9 Å². The molecule has 0 spiro atoms. The Balaban J connectivity index is 1.96. The fraction of sp³-hybridized carbons (Fsp3) is 0.0455. The number of aryl methyl sites for hydroxylation is 1. The summed E-state index contributed by atoms with van der Waals surface area (Å²) in [4.78, 5) is 22.8. The topological polar surface area (TPSA) is 106 Å². The van der Waals surface area contributed by atoms with Gasteiger partial charge in [-0.1, -0.05) is 29.8 Å². The van der Waals surface area contributed by atoms with Crippen molar-refractivity contribution in [3.63, 3.8) is 0 Å². The minimum atomic E-state index is -4.83. The van der Waals surface area contributed by atoms with Crippen molar-refractivity contribution in [1.82, 2.24) is 0 Å². The van der Waals surface area contributed by atoms with Crippen molar-refractivity contribution in [2.24, 2.45) is 0 Å². The molecule has 1 amide bonds. The number of halogens is 1. The number of hydrogen-bond acceptors (Lipinski definition) is 5. The van der Waals surface area contributed by atoms with Crippen molar-refractivity contribution >= 4 is 39.2 Å². The third-order valence-corrected chi connectivity index (χ3v) is 5.22. The minimum absolute atomic E-state index is 0.0680. The normalized spacial score (nSPS) is 11.7. The summed E-state index contributed by atoms with van der Waals surface area (Å²) in [6.07, 6.45) is 1.59. The molecule has 0 bridgehead atoms. The van der Waals surface area contributed by atoms with Gasteiger partial charge in [0.1, 0.15) is 0 Å². The van der Waals surface area contributed by atoms with Crippen molar-refractivity contribution in [3.05, 3.63) is 99.6 Å². The first kappa shape index (κ1) is 21.8. The molecule has 9 heteroatoms. The van der Waals surface area contributed by atoms with Gasteiger partial charge in [-0.3, -0.25) is 14.9 Å². The first-order valence-electron chi connectivity index (χ1n) is 9.03. The van der Waals surface area contributed by atoms with E-state index in [-0.39, 0.29) is 11.4 Å². The Hall–Kier alpha value is -3.85. The molecule has 0 aliphatic rings. The van der Waals surface area contributed by atoms with Crippen LogP contribution in [0.5, 0.6) is 0 Å². The molecule has 0 radical (unpaired) electrons. The van der Waals surface area contributed by atoms with E-state index in [1.165, 1.54) is 36.4 Å². The van der Waals surface area contributed by atoms with Crippen LogP contribution in [0.1, 0.15) is 16.7 Å². The number of anilines is 1. The Morgan fingerprint density at radius 2 is 1.68 bits per heavy atom. The Kier molecular flexibility index (Phi) is 6.26. The van der Waals surface area contributed by atoms with Gasteiger partial charge in [-0.05, 0) is 60.5 Å². The second kappa shape index (κ2) is 8.88. The lowest BCUT2D eigenvalue weighted by Crippen LogP contribution is -2.14. The van der Waals surface area contributed by atoms with Gasteiger partial charge < -0.3 is 5.32 Å². The average molecular weight is 440 g/mol. The summed E-state index contributed by atoms with van der Waals surface area (Å²) in [6, 6.07) is 17.6. The second-order valence-electron chi connectivity index (χ2n) is 6.69. The molecule has 1 N–H and O–H groups in total. The summed E-state index contributed by atoms with van der Waals surface area (Å²) in [7, 11) is -4.83. The van der Waals surface area contributed by atoms with E-state index in [2.05, 4.69) is 5.32 Å². The molecule has 0 unspecified atom stereocenters. The van der Waals surface area contributed by atoms with Crippen LogP contribution < -0.4 is 5.32 Å². The maximum atomic E-state index is 13.1. The predicted octanol–water partition coefficient (Wildman–Crippen LogP) is 4.74. The van der Waals surface area contributed by atoms with Crippen LogP contribution in [-0.2, 0) is 15.0 Å². The van der Waals surface area contributed by atoms with Gasteiger partial charge in [-0.15, -0.1) is 3.89 Å². The van der Waals surface area contributed by atoms with Crippen LogP contribution in [0.3, 0.4) is 0 Å². The fourth-order valence-corrected chi connectivity index (χ4v) is 3.31. The number of rotatable bonds is 6. The van der Waals surface area contributed by atoms with Gasteiger partial charge in [-0.2, -0.15) is 8.42 Å². The van der Waals surface area contributed by atoms with E-state index in [9.17, 15) is 27.2 Å². The molecule has 158 valence electrons. The summed E-state index contributed by atoms with van der Waals surface area (Å²) in [5.41, 5.74) is 2.63. The predicted molar refractivity (Wildman–Crippen MR) is 116 cm³/mol. The molecule has 0 fully saturated rings. The number of carbonyl (C=O) groups is 1. The molecule has 3 rings (SSSR count). The van der Waals surface area contributed by atoms with Crippen LogP contribution >= 0.6 is 0 Å². The monoisotopic (exact) mass is 440 g/mol. The van der Waals surface area contributed by atoms with Crippen molar-refractivity contribution in [1.29, 1.82) is 0 Å². The highest BCUT2D eigenvalue weighted by Crippen LogP contribution is 2.24. The largest absolute Gasteiger partial charge is 0.332 e. The summed E-state index contributed by atoms with van der Waals surface area (Å²) in [5.74, 6) is -0.486. The molecule has 0 aromatic heterocycles. The van der Waals surface area contributed by atoms with E-state index in [4.69, 9.17) is 0 Å². The van der Waals surface area contributed by atoms with Crippen molar-refractivity contribution < 1.29 is 22.0 Å². The number of carbonyl (C=O) groups excluding carboxylic acids is 1. The smallest absolute Gasteiger partial charge is 0.322 e. The molecule has 3 aromatic rings. The summed E-state index contributed by atoms with van der Waals surface area (Å²) in [6.45, 7) is 1.88. The number of benzene rings is 3. The number of non-ortho nitro benzene ring substituents is 1. The molecule has 3 aromatic carbocycles. The minimum Gasteiger partial charge on any atom is -0.322 e. The molecular formula is C22H17FN2O5S. The van der Waals surface area contributed by atoms with Gasteiger partial charge >= 0.3 is 10.2 Å². The molecule has 0 aliphatic carbocycles. The van der Waals surface area contributed by atoms with Gasteiger partial charge in [0.25, 0.3) is 11.6 Å². The first-order chi connectivity index (χ1) is 14.6. The number of amides is 1. The van der Waals surface area contributed by atoms with Gasteiger partial charge in [0.2, 0.25) is 0 Å². The van der Waals surface area contributed by atoms with E-state index >= 15 is 0 Å². The molecule has 0 heterocycles. The van der Waals surface area contributed by atoms with E-state index in [0.29, 0.717) is 16.7 Å². The highest BCUT2D eigenvalue weighted by atomic mass is 32.3. The zero-order chi connectivity index (χ0) is 22.6. The Labute approximate surface area is 178 Å². The summed E-state index contributed by atoms with van der Waals surface area (Å²) < 4.78 is 35.0. The zero-order valence-corrected chi connectivity index (χ0v) is 17.1. The number of nitro groups is 1. The third kappa shape index (κ3) is 5.61. The van der Waals surface area contributed by atoms with Crippen molar-refractivity contribution in [2.45, 2.75) is 11.8 Å². The number of nitro benzene ring substituents is 1. The molecular weight excluding hydrogens is 423 g/mol. The molecule has 0 saturated heterocycles. The lowest BCUT2D eigenvalue weighted by atomic mass is 10.00. The van der Waals surface area contributed by atoms with Crippen LogP contribution in [0.2, 0.25) is 0 Å². The van der Waals surface area contributed by atoms with E-state index in [1.807, 2.05) is 19.1 Å². The highest BCUT2D eigenvalue weighted by Gasteiger charge is 2.15.